The summed E-state index contributed by atoms with van der Waals surface area (Å²) in [5, 5.41) is 3.30. The van der Waals surface area contributed by atoms with Crippen molar-refractivity contribution in [3.8, 4) is 6.01 Å². The van der Waals surface area contributed by atoms with Gasteiger partial charge >= 0.3 is 12.2 Å². The molecule has 2 aromatic heterocycles. The topological polar surface area (TPSA) is 92.4 Å². The van der Waals surface area contributed by atoms with Crippen molar-refractivity contribution in [2.24, 2.45) is 11.8 Å². The number of nitrogens with one attached hydrogen (secondary N) is 1. The van der Waals surface area contributed by atoms with E-state index in [1.807, 2.05) is 14.0 Å². The van der Waals surface area contributed by atoms with E-state index in [9.17, 15) is 17.6 Å². The van der Waals surface area contributed by atoms with Gasteiger partial charge in [0.25, 0.3) is 0 Å². The number of hydrogen-bond acceptors (Lipinski definition) is 8. The zero-order valence-corrected chi connectivity index (χ0v) is 23.9. The highest BCUT2D eigenvalue weighted by atomic mass is 19.4. The van der Waals surface area contributed by atoms with Gasteiger partial charge in [0.15, 0.2) is 0 Å². The van der Waals surface area contributed by atoms with Crippen LogP contribution in [0.15, 0.2) is 6.07 Å². The summed E-state index contributed by atoms with van der Waals surface area (Å²) in [6.45, 7) is 7.61. The number of aromatic nitrogens is 3. The van der Waals surface area contributed by atoms with Crippen LogP contribution in [0.5, 0.6) is 6.01 Å². The highest BCUT2D eigenvalue weighted by Gasteiger charge is 2.49. The molecule has 12 heteroatoms. The summed E-state index contributed by atoms with van der Waals surface area (Å²) in [5.74, 6) is 0.655. The average Bonchev–Trinajstić information content (AvgIpc) is 3.38. The Hall–Kier alpha value is -2.73. The standard InChI is InChI=1S/C29H39F4N7O/c1-16-7-21-22(9-20(16)25-24(29(31,32)33)17(2)8-23(34)37-25)36-27(38-26(21)39(3)13-18-11-35-12-18)41-15-28-5-4-6-40(28)14-19(30)10-28/h8,16,18-20,35H,4-7,9-15H2,1-3H3,(H2,34,37)/t16-,19-,20-,28+/m1/s1. The monoisotopic (exact) mass is 577 g/mol. The molecule has 224 valence electrons. The number of fused-ring (bicyclic) bond motifs is 2. The summed E-state index contributed by atoms with van der Waals surface area (Å²) in [4.78, 5) is 18.2. The Morgan fingerprint density at radius 2 is 2.00 bits per heavy atom. The maximum absolute atomic E-state index is 14.4. The Morgan fingerprint density at radius 3 is 2.71 bits per heavy atom. The lowest BCUT2D eigenvalue weighted by Crippen LogP contribution is -2.48. The Labute approximate surface area is 238 Å². The van der Waals surface area contributed by atoms with E-state index in [4.69, 9.17) is 20.4 Å². The predicted octanol–water partition coefficient (Wildman–Crippen LogP) is 3.91. The third kappa shape index (κ3) is 5.33. The van der Waals surface area contributed by atoms with Crippen LogP contribution in [0.4, 0.5) is 29.2 Å². The lowest BCUT2D eigenvalue weighted by molar-refractivity contribution is -0.139. The molecule has 0 bridgehead atoms. The second-order valence-electron chi connectivity index (χ2n) is 12.6. The smallest absolute Gasteiger partial charge is 0.418 e. The minimum Gasteiger partial charge on any atom is -0.461 e. The molecule has 5 heterocycles. The van der Waals surface area contributed by atoms with Crippen molar-refractivity contribution in [3.63, 3.8) is 0 Å². The number of nitrogens with zero attached hydrogens (tertiary/aromatic N) is 5. The first-order valence-electron chi connectivity index (χ1n) is 14.6. The molecule has 0 radical (unpaired) electrons. The summed E-state index contributed by atoms with van der Waals surface area (Å²) in [5.41, 5.74) is 6.55. The molecule has 3 N–H and O–H groups in total. The van der Waals surface area contributed by atoms with E-state index in [0.717, 1.165) is 50.4 Å². The molecule has 0 amide bonds. The zero-order chi connectivity index (χ0) is 29.1. The molecule has 0 spiro atoms. The Bertz CT molecular complexity index is 1300. The van der Waals surface area contributed by atoms with Crippen LogP contribution in [-0.4, -0.2) is 77.9 Å². The largest absolute Gasteiger partial charge is 0.461 e. The number of alkyl halides is 4. The Balaban J connectivity index is 1.35. The summed E-state index contributed by atoms with van der Waals surface area (Å²) in [7, 11) is 1.99. The molecule has 4 aliphatic rings. The molecule has 3 fully saturated rings. The normalized spacial score (nSPS) is 28.3. The van der Waals surface area contributed by atoms with E-state index in [2.05, 4.69) is 20.1 Å². The molecular weight excluding hydrogens is 538 g/mol. The van der Waals surface area contributed by atoms with Crippen molar-refractivity contribution < 1.29 is 22.3 Å². The minimum atomic E-state index is -4.55. The SMILES string of the molecule is Cc1cc(N)nc([C@@H]2Cc3nc(OC[C@@]45CCCN4C[C@H](F)C5)nc(N(C)CC4CNC4)c3C[C@H]2C)c1C(F)(F)F. The molecule has 2 aromatic rings. The van der Waals surface area contributed by atoms with Gasteiger partial charge in [0.2, 0.25) is 0 Å². The molecule has 41 heavy (non-hydrogen) atoms. The maximum atomic E-state index is 14.4. The molecule has 4 atom stereocenters. The first kappa shape index (κ1) is 28.4. The van der Waals surface area contributed by atoms with Crippen LogP contribution >= 0.6 is 0 Å². The first-order valence-corrected chi connectivity index (χ1v) is 14.6. The van der Waals surface area contributed by atoms with Crippen LogP contribution in [0.25, 0.3) is 0 Å². The number of nitrogens with two attached hydrogens (primary N) is 1. The molecule has 8 nitrogen and oxygen atoms in total. The van der Waals surface area contributed by atoms with E-state index >= 15 is 0 Å². The number of aryl methyl sites for hydroxylation is 1. The molecule has 1 aliphatic carbocycles. The second-order valence-corrected chi connectivity index (χ2v) is 12.6. The van der Waals surface area contributed by atoms with Crippen LogP contribution in [0.1, 0.15) is 60.2 Å². The zero-order valence-electron chi connectivity index (χ0n) is 23.9. The van der Waals surface area contributed by atoms with Gasteiger partial charge in [-0.05, 0) is 56.7 Å². The van der Waals surface area contributed by atoms with Crippen LogP contribution in [0, 0.1) is 18.8 Å². The second kappa shape index (κ2) is 10.5. The number of nitrogen functional groups attached to an aromatic ring is 1. The van der Waals surface area contributed by atoms with Gasteiger partial charge in [0.1, 0.15) is 24.4 Å². The number of hydrogen-bond donors (Lipinski definition) is 2. The van der Waals surface area contributed by atoms with Crippen molar-refractivity contribution in [1.82, 2.24) is 25.2 Å². The molecular formula is C29H39F4N7O. The summed E-state index contributed by atoms with van der Waals surface area (Å²) in [6.07, 6.45) is -2.36. The van der Waals surface area contributed by atoms with Gasteiger partial charge in [-0.3, -0.25) is 4.90 Å². The fraction of sp³-hybridized carbons (Fsp3) is 0.690. The van der Waals surface area contributed by atoms with Gasteiger partial charge in [-0.1, -0.05) is 6.92 Å². The Kier molecular flexibility index (Phi) is 7.28. The van der Waals surface area contributed by atoms with Crippen LogP contribution in [0.3, 0.4) is 0 Å². The number of anilines is 2. The first-order chi connectivity index (χ1) is 19.4. The van der Waals surface area contributed by atoms with E-state index in [1.165, 1.54) is 13.0 Å². The fourth-order valence-electron chi connectivity index (χ4n) is 7.45. The van der Waals surface area contributed by atoms with Crippen LogP contribution < -0.4 is 20.7 Å². The van der Waals surface area contributed by atoms with Gasteiger partial charge < -0.3 is 20.7 Å². The van der Waals surface area contributed by atoms with Crippen molar-refractivity contribution in [2.45, 2.75) is 69.8 Å². The van der Waals surface area contributed by atoms with Crippen molar-refractivity contribution >= 4 is 11.6 Å². The third-order valence-electron chi connectivity index (χ3n) is 9.57. The molecule has 3 saturated heterocycles. The van der Waals surface area contributed by atoms with E-state index < -0.39 is 23.8 Å². The van der Waals surface area contributed by atoms with Crippen LogP contribution in [0.2, 0.25) is 0 Å². The predicted molar refractivity (Wildman–Crippen MR) is 148 cm³/mol. The Morgan fingerprint density at radius 1 is 1.22 bits per heavy atom. The fourth-order valence-corrected chi connectivity index (χ4v) is 7.45. The maximum Gasteiger partial charge on any atom is 0.418 e. The molecule has 0 unspecified atom stereocenters. The van der Waals surface area contributed by atoms with Crippen LogP contribution in [-0.2, 0) is 19.0 Å². The number of halogens is 4. The average molecular weight is 578 g/mol. The van der Waals surface area contributed by atoms with E-state index in [-0.39, 0.29) is 47.6 Å². The number of rotatable bonds is 7. The third-order valence-corrected chi connectivity index (χ3v) is 9.57. The molecule has 3 aliphatic heterocycles. The quantitative estimate of drug-likeness (QED) is 0.479. The minimum absolute atomic E-state index is 0.0230. The van der Waals surface area contributed by atoms with Crippen molar-refractivity contribution in [1.29, 1.82) is 0 Å². The van der Waals surface area contributed by atoms with Gasteiger partial charge in [-0.2, -0.15) is 23.1 Å². The van der Waals surface area contributed by atoms with Gasteiger partial charge in [-0.15, -0.1) is 0 Å². The van der Waals surface area contributed by atoms with E-state index in [1.54, 1.807) is 0 Å². The van der Waals surface area contributed by atoms with Crippen molar-refractivity contribution in [3.05, 3.63) is 34.1 Å². The number of pyridine rings is 1. The lowest BCUT2D eigenvalue weighted by Gasteiger charge is -2.36. The molecule has 6 rings (SSSR count). The van der Waals surface area contributed by atoms with Crippen molar-refractivity contribution in [2.75, 3.05) is 57.0 Å². The van der Waals surface area contributed by atoms with Gasteiger partial charge in [0.05, 0.1) is 22.5 Å². The van der Waals surface area contributed by atoms with Gasteiger partial charge in [-0.25, -0.2) is 9.37 Å². The summed E-state index contributed by atoms with van der Waals surface area (Å²) < 4.78 is 63.3. The summed E-state index contributed by atoms with van der Waals surface area (Å²) in [6, 6.07) is 1.47. The highest BCUT2D eigenvalue weighted by Crippen LogP contribution is 2.45. The van der Waals surface area contributed by atoms with E-state index in [0.29, 0.717) is 31.0 Å². The highest BCUT2D eigenvalue weighted by molar-refractivity contribution is 5.53. The molecule has 0 aromatic carbocycles. The lowest BCUT2D eigenvalue weighted by atomic mass is 9.75. The number of ether oxygens (including phenoxy) is 1. The molecule has 0 saturated carbocycles. The summed E-state index contributed by atoms with van der Waals surface area (Å²) >= 11 is 0. The van der Waals surface area contributed by atoms with Gasteiger partial charge in [0, 0.05) is 57.0 Å².